The fraction of sp³-hybridized carbons (Fsp3) is 0.143. The number of ether oxygens (including phenoxy) is 1. The van der Waals surface area contributed by atoms with E-state index in [2.05, 4.69) is 15.9 Å². The minimum atomic E-state index is -1.02. The number of rotatable bonds is 3. The standard InChI is InChI=1S/C14H12BrF2NO/c1-8(18)10-6-5-9(15)7-13(10)19-12-4-2-3-11(16)14(12)17/h2-8H,18H2,1H3. The average molecular weight is 328 g/mol. The normalized spacial score (nSPS) is 12.3. The summed E-state index contributed by atoms with van der Waals surface area (Å²) in [6, 6.07) is 8.77. The molecule has 0 radical (unpaired) electrons. The molecule has 5 heteroatoms. The Labute approximate surface area is 118 Å². The Hall–Kier alpha value is -1.46. The molecule has 0 aliphatic rings. The Bertz CT molecular complexity index is 602. The molecule has 0 saturated heterocycles. The summed E-state index contributed by atoms with van der Waals surface area (Å²) in [6.07, 6.45) is 0. The minimum absolute atomic E-state index is 0.167. The van der Waals surface area contributed by atoms with Crippen LogP contribution in [-0.2, 0) is 0 Å². The number of hydrogen-bond donors (Lipinski definition) is 1. The van der Waals surface area contributed by atoms with Gasteiger partial charge in [-0.15, -0.1) is 0 Å². The lowest BCUT2D eigenvalue weighted by Gasteiger charge is -2.14. The molecule has 0 amide bonds. The summed E-state index contributed by atoms with van der Waals surface area (Å²) in [5.74, 6) is -1.73. The molecule has 1 unspecified atom stereocenters. The third-order valence-corrected chi connectivity index (χ3v) is 3.10. The van der Waals surface area contributed by atoms with Gasteiger partial charge < -0.3 is 10.5 Å². The molecule has 0 aliphatic heterocycles. The number of halogens is 3. The van der Waals surface area contributed by atoms with E-state index in [0.29, 0.717) is 11.3 Å². The van der Waals surface area contributed by atoms with Gasteiger partial charge in [0.25, 0.3) is 0 Å². The van der Waals surface area contributed by atoms with Crippen molar-refractivity contribution in [1.29, 1.82) is 0 Å². The van der Waals surface area contributed by atoms with Gasteiger partial charge in [0.15, 0.2) is 11.6 Å². The van der Waals surface area contributed by atoms with Crippen molar-refractivity contribution in [2.24, 2.45) is 5.73 Å². The summed E-state index contributed by atoms with van der Waals surface area (Å²) in [5.41, 5.74) is 6.54. The maximum atomic E-state index is 13.6. The van der Waals surface area contributed by atoms with Crippen LogP contribution in [0.5, 0.6) is 11.5 Å². The molecule has 0 aromatic heterocycles. The first kappa shape index (κ1) is 14.0. The van der Waals surface area contributed by atoms with Gasteiger partial charge >= 0.3 is 0 Å². The predicted molar refractivity (Wildman–Crippen MR) is 73.2 cm³/mol. The Morgan fingerprint density at radius 3 is 2.58 bits per heavy atom. The van der Waals surface area contributed by atoms with Gasteiger partial charge in [0.1, 0.15) is 5.75 Å². The van der Waals surface area contributed by atoms with Crippen molar-refractivity contribution in [2.45, 2.75) is 13.0 Å². The fourth-order valence-corrected chi connectivity index (χ4v) is 1.99. The van der Waals surface area contributed by atoms with Crippen molar-refractivity contribution in [3.8, 4) is 11.5 Å². The molecule has 0 fully saturated rings. The second kappa shape index (κ2) is 5.67. The molecule has 0 bridgehead atoms. The van der Waals surface area contributed by atoms with Crippen molar-refractivity contribution in [3.05, 3.63) is 58.1 Å². The molecule has 2 aromatic rings. The number of hydrogen-bond acceptors (Lipinski definition) is 2. The summed E-state index contributed by atoms with van der Waals surface area (Å²) in [7, 11) is 0. The lowest BCUT2D eigenvalue weighted by atomic mass is 10.1. The fourth-order valence-electron chi connectivity index (χ4n) is 1.65. The van der Waals surface area contributed by atoms with Crippen molar-refractivity contribution in [3.63, 3.8) is 0 Å². The molecule has 0 saturated carbocycles. The Kier molecular flexibility index (Phi) is 4.17. The van der Waals surface area contributed by atoms with Crippen molar-refractivity contribution >= 4 is 15.9 Å². The quantitative estimate of drug-likeness (QED) is 0.898. The number of benzene rings is 2. The molecule has 1 atom stereocenters. The van der Waals surface area contributed by atoms with Gasteiger partial charge in [-0.1, -0.05) is 28.1 Å². The third kappa shape index (κ3) is 3.11. The van der Waals surface area contributed by atoms with E-state index in [4.69, 9.17) is 10.5 Å². The van der Waals surface area contributed by atoms with Crippen molar-refractivity contribution in [1.82, 2.24) is 0 Å². The number of nitrogens with two attached hydrogens (primary N) is 1. The van der Waals surface area contributed by atoms with E-state index in [1.165, 1.54) is 12.1 Å². The SMILES string of the molecule is CC(N)c1ccc(Br)cc1Oc1cccc(F)c1F. The largest absolute Gasteiger partial charge is 0.454 e. The molecular weight excluding hydrogens is 316 g/mol. The monoisotopic (exact) mass is 327 g/mol. The Morgan fingerprint density at radius 1 is 1.16 bits per heavy atom. The van der Waals surface area contributed by atoms with Gasteiger partial charge in [-0.25, -0.2) is 4.39 Å². The van der Waals surface area contributed by atoms with Crippen LogP contribution >= 0.6 is 15.9 Å². The van der Waals surface area contributed by atoms with Crippen LogP contribution in [0.1, 0.15) is 18.5 Å². The lowest BCUT2D eigenvalue weighted by molar-refractivity contribution is 0.411. The van der Waals surface area contributed by atoms with Crippen LogP contribution < -0.4 is 10.5 Å². The molecule has 0 spiro atoms. The Balaban J connectivity index is 2.42. The molecule has 2 N–H and O–H groups in total. The van der Waals surface area contributed by atoms with E-state index < -0.39 is 11.6 Å². The molecular formula is C14H12BrF2NO. The molecule has 2 aromatic carbocycles. The molecule has 100 valence electrons. The van der Waals surface area contributed by atoms with Crippen LogP contribution in [0.4, 0.5) is 8.78 Å². The third-order valence-electron chi connectivity index (χ3n) is 2.60. The summed E-state index contributed by atoms with van der Waals surface area (Å²) in [4.78, 5) is 0. The zero-order valence-electron chi connectivity index (χ0n) is 10.2. The van der Waals surface area contributed by atoms with Crippen LogP contribution in [0.2, 0.25) is 0 Å². The van der Waals surface area contributed by atoms with Crippen LogP contribution in [0, 0.1) is 11.6 Å². The molecule has 0 heterocycles. The van der Waals surface area contributed by atoms with Gasteiger partial charge in [-0.2, -0.15) is 4.39 Å². The first-order valence-electron chi connectivity index (χ1n) is 5.66. The smallest absolute Gasteiger partial charge is 0.201 e. The van der Waals surface area contributed by atoms with Crippen LogP contribution in [-0.4, -0.2) is 0 Å². The van der Waals surface area contributed by atoms with Gasteiger partial charge in [0, 0.05) is 16.1 Å². The highest BCUT2D eigenvalue weighted by atomic mass is 79.9. The van der Waals surface area contributed by atoms with Gasteiger partial charge in [0.2, 0.25) is 5.82 Å². The van der Waals surface area contributed by atoms with E-state index in [9.17, 15) is 8.78 Å². The highest BCUT2D eigenvalue weighted by Gasteiger charge is 2.14. The maximum Gasteiger partial charge on any atom is 0.201 e. The zero-order chi connectivity index (χ0) is 14.0. The van der Waals surface area contributed by atoms with E-state index in [1.807, 2.05) is 6.07 Å². The van der Waals surface area contributed by atoms with E-state index in [0.717, 1.165) is 10.5 Å². The summed E-state index contributed by atoms with van der Waals surface area (Å²) in [6.45, 7) is 1.79. The molecule has 0 aliphatic carbocycles. The Morgan fingerprint density at radius 2 is 1.89 bits per heavy atom. The molecule has 2 nitrogen and oxygen atoms in total. The molecule has 2 rings (SSSR count). The summed E-state index contributed by atoms with van der Waals surface area (Å²) >= 11 is 3.30. The summed E-state index contributed by atoms with van der Waals surface area (Å²) < 4.78 is 32.9. The van der Waals surface area contributed by atoms with Gasteiger partial charge in [-0.05, 0) is 31.2 Å². The van der Waals surface area contributed by atoms with E-state index >= 15 is 0 Å². The topological polar surface area (TPSA) is 35.2 Å². The van der Waals surface area contributed by atoms with E-state index in [-0.39, 0.29) is 11.8 Å². The van der Waals surface area contributed by atoms with Crippen LogP contribution in [0.15, 0.2) is 40.9 Å². The zero-order valence-corrected chi connectivity index (χ0v) is 11.7. The van der Waals surface area contributed by atoms with Crippen molar-refractivity contribution in [2.75, 3.05) is 0 Å². The minimum Gasteiger partial charge on any atom is -0.454 e. The lowest BCUT2D eigenvalue weighted by Crippen LogP contribution is -2.07. The van der Waals surface area contributed by atoms with E-state index in [1.54, 1.807) is 19.1 Å². The van der Waals surface area contributed by atoms with Crippen LogP contribution in [0.3, 0.4) is 0 Å². The summed E-state index contributed by atoms with van der Waals surface area (Å²) in [5, 5.41) is 0. The highest BCUT2D eigenvalue weighted by Crippen LogP contribution is 2.33. The van der Waals surface area contributed by atoms with Crippen molar-refractivity contribution < 1.29 is 13.5 Å². The first-order valence-corrected chi connectivity index (χ1v) is 6.45. The second-order valence-corrected chi connectivity index (χ2v) is 5.04. The van der Waals surface area contributed by atoms with Crippen LogP contribution in [0.25, 0.3) is 0 Å². The molecule has 19 heavy (non-hydrogen) atoms. The predicted octanol–water partition coefficient (Wildman–Crippen LogP) is 4.54. The maximum absolute atomic E-state index is 13.6. The first-order chi connectivity index (χ1) is 8.99. The van der Waals surface area contributed by atoms with Gasteiger partial charge in [-0.3, -0.25) is 0 Å². The second-order valence-electron chi connectivity index (χ2n) is 4.12. The average Bonchev–Trinajstić information content (AvgIpc) is 2.35. The highest BCUT2D eigenvalue weighted by molar-refractivity contribution is 9.10. The van der Waals surface area contributed by atoms with Gasteiger partial charge in [0.05, 0.1) is 0 Å².